The molecule has 116 valence electrons. The fourth-order valence-electron chi connectivity index (χ4n) is 1.53. The van der Waals surface area contributed by atoms with Crippen LogP contribution in [-0.2, 0) is 24.2 Å². The molecule has 1 unspecified atom stereocenters. The zero-order chi connectivity index (χ0) is 16.2. The molecule has 21 heavy (non-hydrogen) atoms. The highest BCUT2D eigenvalue weighted by Gasteiger charge is 2.30. The smallest absolute Gasteiger partial charge is 0.320 e. The fraction of sp³-hybridized carbons (Fsp3) is 0.385. The third kappa shape index (κ3) is 4.19. The van der Waals surface area contributed by atoms with Gasteiger partial charge in [0.1, 0.15) is 11.0 Å². The normalized spacial score (nSPS) is 12.5. The second-order valence-corrected chi connectivity index (χ2v) is 6.86. The van der Waals surface area contributed by atoms with Crippen LogP contribution in [0.25, 0.3) is 0 Å². The molecule has 0 heterocycles. The molecule has 0 aromatic heterocycles. The van der Waals surface area contributed by atoms with E-state index in [9.17, 15) is 18.0 Å². The topological polar surface area (TPSA) is 116 Å². The van der Waals surface area contributed by atoms with Crippen molar-refractivity contribution in [3.05, 3.63) is 23.8 Å². The van der Waals surface area contributed by atoms with Crippen LogP contribution >= 0.6 is 0 Å². The molecule has 0 saturated carbocycles. The van der Waals surface area contributed by atoms with Crippen molar-refractivity contribution in [2.24, 2.45) is 0 Å². The van der Waals surface area contributed by atoms with Crippen LogP contribution < -0.4 is 11.1 Å². The predicted octanol–water partition coefficient (Wildman–Crippen LogP) is 0.492. The number of carbonyl (C=O) groups is 2. The van der Waals surface area contributed by atoms with Crippen LogP contribution in [0.3, 0.4) is 0 Å². The number of rotatable bonds is 5. The van der Waals surface area contributed by atoms with Crippen molar-refractivity contribution in [3.63, 3.8) is 0 Å². The van der Waals surface area contributed by atoms with Crippen molar-refractivity contribution in [2.45, 2.75) is 19.1 Å². The van der Waals surface area contributed by atoms with Crippen LogP contribution in [0.15, 0.2) is 18.2 Å². The van der Waals surface area contributed by atoms with Gasteiger partial charge in [-0.15, -0.1) is 0 Å². The Labute approximate surface area is 123 Å². The van der Waals surface area contributed by atoms with Crippen LogP contribution in [0, 0.1) is 6.92 Å². The number of ether oxygens (including phenoxy) is 1. The van der Waals surface area contributed by atoms with Crippen LogP contribution in [0.4, 0.5) is 11.4 Å². The number of esters is 1. The molecule has 1 amide bonds. The molecule has 1 aromatic carbocycles. The number of nitrogen functional groups attached to an aromatic ring is 1. The molecule has 0 aliphatic carbocycles. The summed E-state index contributed by atoms with van der Waals surface area (Å²) in [4.78, 5) is 23.1. The summed E-state index contributed by atoms with van der Waals surface area (Å²) in [6.07, 6.45) is 0. The maximum atomic E-state index is 12.0. The van der Waals surface area contributed by atoms with Crippen LogP contribution in [0.1, 0.15) is 12.5 Å². The third-order valence-electron chi connectivity index (χ3n) is 3.09. The Morgan fingerprint density at radius 3 is 2.57 bits per heavy atom. The number of sulfone groups is 1. The molecule has 1 rings (SSSR count). The Morgan fingerprint density at radius 2 is 2.00 bits per heavy atom. The second-order valence-electron chi connectivity index (χ2n) is 4.53. The Balaban J connectivity index is 2.88. The van der Waals surface area contributed by atoms with E-state index in [4.69, 9.17) is 5.73 Å². The van der Waals surface area contributed by atoms with Gasteiger partial charge in [0, 0.05) is 11.4 Å². The van der Waals surface area contributed by atoms with Crippen molar-refractivity contribution >= 4 is 33.1 Å². The van der Waals surface area contributed by atoms with E-state index in [0.29, 0.717) is 16.9 Å². The summed E-state index contributed by atoms with van der Waals surface area (Å²) >= 11 is 0. The summed E-state index contributed by atoms with van der Waals surface area (Å²) in [7, 11) is -2.85. The molecule has 3 N–H and O–H groups in total. The molecule has 0 fully saturated rings. The number of methoxy groups -OCH3 is 1. The van der Waals surface area contributed by atoms with E-state index < -0.39 is 32.7 Å². The highest BCUT2D eigenvalue weighted by atomic mass is 32.2. The van der Waals surface area contributed by atoms with Gasteiger partial charge in [0.25, 0.3) is 0 Å². The van der Waals surface area contributed by atoms with Crippen LogP contribution in [0.5, 0.6) is 0 Å². The van der Waals surface area contributed by atoms with E-state index in [1.807, 2.05) is 0 Å². The molecule has 0 aliphatic rings. The van der Waals surface area contributed by atoms with E-state index in [-0.39, 0.29) is 0 Å². The molecule has 1 atom stereocenters. The van der Waals surface area contributed by atoms with Crippen molar-refractivity contribution in [3.8, 4) is 0 Å². The number of nitrogens with two attached hydrogens (primary N) is 1. The van der Waals surface area contributed by atoms with Gasteiger partial charge in [-0.25, -0.2) is 8.42 Å². The molecule has 0 aliphatic heterocycles. The average molecular weight is 314 g/mol. The summed E-state index contributed by atoms with van der Waals surface area (Å²) in [5.74, 6) is -2.48. The minimum absolute atomic E-state index is 0.431. The van der Waals surface area contributed by atoms with E-state index in [1.54, 1.807) is 25.1 Å². The summed E-state index contributed by atoms with van der Waals surface area (Å²) in [5, 5.41) is 1.12. The quantitative estimate of drug-likeness (QED) is 0.603. The standard InChI is InChI=1S/C13H18N2O5S/c1-8-10(14)5-4-6-11(8)15-13(17)9(2)21(18,19)7-12(16)20-3/h4-6,9H,7,14H2,1-3H3,(H,15,17). The molecule has 0 bridgehead atoms. The minimum atomic E-state index is -3.93. The second kappa shape index (κ2) is 6.57. The molecule has 0 spiro atoms. The van der Waals surface area contributed by atoms with Crippen molar-refractivity contribution < 1.29 is 22.7 Å². The lowest BCUT2D eigenvalue weighted by molar-refractivity contribution is -0.137. The highest BCUT2D eigenvalue weighted by molar-refractivity contribution is 7.93. The molecule has 7 nitrogen and oxygen atoms in total. The number of hydrogen-bond donors (Lipinski definition) is 2. The SMILES string of the molecule is COC(=O)CS(=O)(=O)C(C)C(=O)Nc1cccc(N)c1C. The first-order valence-electron chi connectivity index (χ1n) is 6.13. The van der Waals surface area contributed by atoms with Crippen LogP contribution in [0.2, 0.25) is 0 Å². The number of anilines is 2. The van der Waals surface area contributed by atoms with Gasteiger partial charge in [-0.3, -0.25) is 9.59 Å². The Hall–Kier alpha value is -2.09. The van der Waals surface area contributed by atoms with Crippen molar-refractivity contribution in [2.75, 3.05) is 23.9 Å². The summed E-state index contributed by atoms with van der Waals surface area (Å²) in [5.41, 5.74) is 7.27. The van der Waals surface area contributed by atoms with Gasteiger partial charge in [0.05, 0.1) is 7.11 Å². The third-order valence-corrected chi connectivity index (χ3v) is 5.02. The van der Waals surface area contributed by atoms with Gasteiger partial charge in [0.15, 0.2) is 9.84 Å². The Morgan fingerprint density at radius 1 is 1.38 bits per heavy atom. The monoisotopic (exact) mass is 314 g/mol. The first kappa shape index (κ1) is 17.0. The lowest BCUT2D eigenvalue weighted by atomic mass is 10.1. The van der Waals surface area contributed by atoms with E-state index in [0.717, 1.165) is 7.11 Å². The number of benzene rings is 1. The molecule has 1 aromatic rings. The van der Waals surface area contributed by atoms with Gasteiger partial charge < -0.3 is 15.8 Å². The first-order valence-corrected chi connectivity index (χ1v) is 7.85. The van der Waals surface area contributed by atoms with E-state index >= 15 is 0 Å². The summed E-state index contributed by atoms with van der Waals surface area (Å²) in [6.45, 7) is 2.92. The summed E-state index contributed by atoms with van der Waals surface area (Å²) < 4.78 is 28.1. The van der Waals surface area contributed by atoms with Crippen molar-refractivity contribution in [1.29, 1.82) is 0 Å². The lowest BCUT2D eigenvalue weighted by Crippen LogP contribution is -2.36. The molecule has 8 heteroatoms. The zero-order valence-electron chi connectivity index (χ0n) is 12.0. The molecule has 0 radical (unpaired) electrons. The van der Waals surface area contributed by atoms with E-state index in [2.05, 4.69) is 10.1 Å². The molecular weight excluding hydrogens is 296 g/mol. The Kier molecular flexibility index (Phi) is 5.31. The maximum absolute atomic E-state index is 12.0. The zero-order valence-corrected chi connectivity index (χ0v) is 12.9. The average Bonchev–Trinajstić information content (AvgIpc) is 2.42. The van der Waals surface area contributed by atoms with Crippen LogP contribution in [-0.4, -0.2) is 38.4 Å². The van der Waals surface area contributed by atoms with Gasteiger partial charge >= 0.3 is 5.97 Å². The molecular formula is C13H18N2O5S. The van der Waals surface area contributed by atoms with Gasteiger partial charge in [-0.05, 0) is 31.5 Å². The number of nitrogens with one attached hydrogen (secondary N) is 1. The van der Waals surface area contributed by atoms with E-state index in [1.165, 1.54) is 6.92 Å². The maximum Gasteiger partial charge on any atom is 0.320 e. The molecule has 0 saturated heterocycles. The largest absolute Gasteiger partial charge is 0.468 e. The number of carbonyl (C=O) groups excluding carboxylic acids is 2. The van der Waals surface area contributed by atoms with Gasteiger partial charge in [-0.1, -0.05) is 6.07 Å². The highest BCUT2D eigenvalue weighted by Crippen LogP contribution is 2.21. The number of amides is 1. The van der Waals surface area contributed by atoms with Gasteiger partial charge in [0.2, 0.25) is 5.91 Å². The fourth-order valence-corrected chi connectivity index (χ4v) is 2.62. The Bertz CT molecular complexity index is 655. The van der Waals surface area contributed by atoms with Crippen molar-refractivity contribution in [1.82, 2.24) is 0 Å². The van der Waals surface area contributed by atoms with Gasteiger partial charge in [-0.2, -0.15) is 0 Å². The predicted molar refractivity (Wildman–Crippen MR) is 79.5 cm³/mol. The number of hydrogen-bond acceptors (Lipinski definition) is 6. The first-order chi connectivity index (χ1) is 9.69. The lowest BCUT2D eigenvalue weighted by Gasteiger charge is -2.14. The minimum Gasteiger partial charge on any atom is -0.468 e. The summed E-state index contributed by atoms with van der Waals surface area (Å²) in [6, 6.07) is 4.93.